The number of amides is 1. The number of anilines is 1. The number of rotatable bonds is 9. The van der Waals surface area contributed by atoms with Gasteiger partial charge in [-0.25, -0.2) is 4.39 Å². The summed E-state index contributed by atoms with van der Waals surface area (Å²) in [5, 5.41) is 8.02. The second-order valence-corrected chi connectivity index (χ2v) is 12.9. The number of benzene rings is 3. The third-order valence-electron chi connectivity index (χ3n) is 9.74. The number of fused-ring (bicyclic) bond motifs is 5. The van der Waals surface area contributed by atoms with Crippen LogP contribution in [0.3, 0.4) is 0 Å². The minimum atomic E-state index is -0.619. The van der Waals surface area contributed by atoms with E-state index < -0.39 is 17.2 Å². The van der Waals surface area contributed by atoms with Crippen LogP contribution in [0.25, 0.3) is 38.5 Å². The second-order valence-electron chi connectivity index (χ2n) is 12.9. The first-order valence-electron chi connectivity index (χ1n) is 16.7. The normalized spacial score (nSPS) is 17.1. The highest BCUT2D eigenvalue weighted by Crippen LogP contribution is 2.47. The lowest BCUT2D eigenvalue weighted by Crippen LogP contribution is -2.45. The summed E-state index contributed by atoms with van der Waals surface area (Å²) in [5.74, 6) is -0.433. The van der Waals surface area contributed by atoms with Gasteiger partial charge in [-0.05, 0) is 38.2 Å². The van der Waals surface area contributed by atoms with Gasteiger partial charge in [0.05, 0.1) is 24.3 Å². The van der Waals surface area contributed by atoms with Gasteiger partial charge in [-0.15, -0.1) is 0 Å². The Morgan fingerprint density at radius 1 is 0.896 bits per heavy atom. The number of nitrogens with one attached hydrogen (secondary N) is 2. The van der Waals surface area contributed by atoms with Gasteiger partial charge >= 0.3 is 0 Å². The van der Waals surface area contributed by atoms with Crippen LogP contribution in [0.5, 0.6) is 11.5 Å². The van der Waals surface area contributed by atoms with Crippen molar-refractivity contribution < 1.29 is 23.1 Å². The SMILES string of the molecule is CN1CCN(CCCNC(=O)c2cn3c4c(c(NCCN5CCOCC5)c(F)cc4c2=O)Oc2cc4c(cc2-3)oc2ccccc24)CC1. The predicted molar refractivity (Wildman–Crippen MR) is 183 cm³/mol. The zero-order chi connectivity index (χ0) is 32.8. The number of hydrogen-bond donors (Lipinski definition) is 2. The Hall–Kier alpha value is -4.49. The minimum absolute atomic E-state index is 0.0574. The molecule has 2 aromatic heterocycles. The Morgan fingerprint density at radius 2 is 1.69 bits per heavy atom. The predicted octanol–water partition coefficient (Wildman–Crippen LogP) is 4.25. The summed E-state index contributed by atoms with van der Waals surface area (Å²) in [5.41, 5.74) is 1.92. The fourth-order valence-electron chi connectivity index (χ4n) is 7.00. The quantitative estimate of drug-likeness (QED) is 0.222. The molecule has 3 aliphatic heterocycles. The summed E-state index contributed by atoms with van der Waals surface area (Å²) >= 11 is 0. The molecule has 5 aromatic rings. The standard InChI is InChI=1S/C36H39FN6O5/c1-40-11-13-41(14-12-40)9-4-7-39-36(45)26-22-43-28-21-30-24(23-5-2-3-6-29(23)47-30)20-31(28)48-35-32(27(37)19-25(33(35)43)34(26)44)38-8-10-42-15-17-46-18-16-42/h2-3,5-6,19-22,38H,4,7-18H2,1H3,(H,39,45). The molecule has 0 saturated carbocycles. The van der Waals surface area contributed by atoms with E-state index in [0.29, 0.717) is 55.4 Å². The van der Waals surface area contributed by atoms with Crippen LogP contribution in [0, 0.1) is 5.82 Å². The molecule has 2 saturated heterocycles. The number of hydrogen-bond acceptors (Lipinski definition) is 9. The van der Waals surface area contributed by atoms with E-state index in [9.17, 15) is 9.59 Å². The van der Waals surface area contributed by atoms with Crippen molar-refractivity contribution in [1.29, 1.82) is 0 Å². The average Bonchev–Trinajstić information content (AvgIpc) is 3.46. The Morgan fingerprint density at radius 3 is 2.52 bits per heavy atom. The molecule has 0 bridgehead atoms. The smallest absolute Gasteiger partial charge is 0.256 e. The van der Waals surface area contributed by atoms with E-state index in [1.807, 2.05) is 36.4 Å². The molecule has 0 aliphatic carbocycles. The molecule has 11 nitrogen and oxygen atoms in total. The molecular weight excluding hydrogens is 615 g/mol. The van der Waals surface area contributed by atoms with Gasteiger partial charge in [-0.2, -0.15) is 0 Å². The van der Waals surface area contributed by atoms with Gasteiger partial charge in [0.25, 0.3) is 5.91 Å². The van der Waals surface area contributed by atoms with Gasteiger partial charge in [0.1, 0.15) is 27.9 Å². The maximum absolute atomic E-state index is 16.0. The van der Waals surface area contributed by atoms with Crippen LogP contribution >= 0.6 is 0 Å². The van der Waals surface area contributed by atoms with Crippen molar-refractivity contribution in [2.45, 2.75) is 6.42 Å². The van der Waals surface area contributed by atoms with E-state index >= 15 is 4.39 Å². The highest BCUT2D eigenvalue weighted by molar-refractivity contribution is 6.07. The minimum Gasteiger partial charge on any atom is -0.456 e. The summed E-state index contributed by atoms with van der Waals surface area (Å²) in [4.78, 5) is 34.4. The topological polar surface area (TPSA) is 104 Å². The zero-order valence-electron chi connectivity index (χ0n) is 27.0. The van der Waals surface area contributed by atoms with Gasteiger partial charge in [0.2, 0.25) is 5.43 Å². The first-order chi connectivity index (χ1) is 23.4. The molecule has 12 heteroatoms. The van der Waals surface area contributed by atoms with Crippen LogP contribution in [0.4, 0.5) is 10.1 Å². The lowest BCUT2D eigenvalue weighted by molar-refractivity contribution is 0.0398. The molecular formula is C36H39FN6O5. The van der Waals surface area contributed by atoms with Crippen molar-refractivity contribution in [3.8, 4) is 17.2 Å². The zero-order valence-corrected chi connectivity index (χ0v) is 27.0. The van der Waals surface area contributed by atoms with Crippen LogP contribution < -0.4 is 20.8 Å². The first-order valence-corrected chi connectivity index (χ1v) is 16.7. The van der Waals surface area contributed by atoms with Crippen LogP contribution in [0.2, 0.25) is 0 Å². The van der Waals surface area contributed by atoms with E-state index in [-0.39, 0.29) is 22.4 Å². The number of piperazine rings is 1. The van der Waals surface area contributed by atoms with Crippen molar-refractivity contribution in [2.75, 3.05) is 91.0 Å². The fraction of sp³-hybridized carbons (Fsp3) is 0.389. The van der Waals surface area contributed by atoms with Crippen LogP contribution in [-0.4, -0.2) is 111 Å². The molecule has 0 atom stereocenters. The number of pyridine rings is 1. The summed E-state index contributed by atoms with van der Waals surface area (Å²) in [6.07, 6.45) is 2.31. The Bertz CT molecular complexity index is 2080. The maximum atomic E-state index is 16.0. The number of nitrogens with zero attached hydrogens (tertiary/aromatic N) is 4. The van der Waals surface area contributed by atoms with E-state index in [2.05, 4.69) is 32.4 Å². The number of aromatic nitrogens is 1. The molecule has 5 heterocycles. The molecule has 250 valence electrons. The van der Waals surface area contributed by atoms with Crippen LogP contribution in [0.15, 0.2) is 57.9 Å². The highest BCUT2D eigenvalue weighted by atomic mass is 19.1. The maximum Gasteiger partial charge on any atom is 0.256 e. The number of likely N-dealkylation sites (N-methyl/N-ethyl adjacent to an activating group) is 1. The summed E-state index contributed by atoms with van der Waals surface area (Å²) in [7, 11) is 2.12. The Labute approximate surface area is 276 Å². The molecule has 3 aromatic carbocycles. The third-order valence-corrected chi connectivity index (χ3v) is 9.74. The van der Waals surface area contributed by atoms with Gasteiger partial charge in [-0.3, -0.25) is 14.5 Å². The van der Waals surface area contributed by atoms with Crippen molar-refractivity contribution in [1.82, 2.24) is 24.6 Å². The van der Waals surface area contributed by atoms with E-state index in [1.54, 1.807) is 10.8 Å². The molecule has 2 N–H and O–H groups in total. The highest BCUT2D eigenvalue weighted by Gasteiger charge is 2.30. The summed E-state index contributed by atoms with van der Waals surface area (Å²) in [6.45, 7) is 9.47. The number of carbonyl (C=O) groups is 1. The van der Waals surface area contributed by atoms with Crippen LogP contribution in [0.1, 0.15) is 16.8 Å². The van der Waals surface area contributed by atoms with Crippen LogP contribution in [-0.2, 0) is 4.74 Å². The van der Waals surface area contributed by atoms with E-state index in [4.69, 9.17) is 13.9 Å². The molecule has 48 heavy (non-hydrogen) atoms. The molecule has 8 rings (SSSR count). The molecule has 0 spiro atoms. The lowest BCUT2D eigenvalue weighted by atomic mass is 10.0. The largest absolute Gasteiger partial charge is 0.456 e. The van der Waals surface area contributed by atoms with Crippen molar-refractivity contribution in [2.24, 2.45) is 0 Å². The summed E-state index contributed by atoms with van der Waals surface area (Å²) < 4.78 is 35.9. The second kappa shape index (κ2) is 12.8. The molecule has 0 unspecified atom stereocenters. The van der Waals surface area contributed by atoms with E-state index in [0.717, 1.165) is 68.6 Å². The van der Waals surface area contributed by atoms with Gasteiger partial charge in [-0.1, -0.05) is 18.2 Å². The Kier molecular flexibility index (Phi) is 8.25. The van der Waals surface area contributed by atoms with Gasteiger partial charge in [0.15, 0.2) is 17.3 Å². The fourth-order valence-corrected chi connectivity index (χ4v) is 7.00. The summed E-state index contributed by atoms with van der Waals surface area (Å²) in [6, 6.07) is 12.7. The average molecular weight is 655 g/mol. The molecule has 2 fully saturated rings. The van der Waals surface area contributed by atoms with Crippen molar-refractivity contribution in [3.05, 3.63) is 70.3 Å². The molecule has 1 amide bonds. The number of morpholine rings is 1. The monoisotopic (exact) mass is 654 g/mol. The Balaban J connectivity index is 1.16. The number of carbonyl (C=O) groups excluding carboxylic acids is 1. The number of halogens is 1. The van der Waals surface area contributed by atoms with Gasteiger partial charge in [0, 0.05) is 81.9 Å². The molecule has 3 aliphatic rings. The first kappa shape index (κ1) is 30.8. The van der Waals surface area contributed by atoms with E-state index in [1.165, 1.54) is 6.07 Å². The molecule has 0 radical (unpaired) electrons. The number of furan rings is 1. The lowest BCUT2D eigenvalue weighted by Gasteiger charge is -2.32. The van der Waals surface area contributed by atoms with Crippen molar-refractivity contribution in [3.63, 3.8) is 0 Å². The number of para-hydroxylation sites is 1. The van der Waals surface area contributed by atoms with Gasteiger partial charge < -0.3 is 38.9 Å². The third kappa shape index (κ3) is 5.68. The van der Waals surface area contributed by atoms with Crippen molar-refractivity contribution >= 4 is 44.4 Å². The number of ether oxygens (including phenoxy) is 2.